The van der Waals surface area contributed by atoms with Crippen LogP contribution in [-0.4, -0.2) is 18.1 Å². The molecule has 0 saturated carbocycles. The molecule has 2 aromatic rings. The number of hydrogen-bond acceptors (Lipinski definition) is 3. The van der Waals surface area contributed by atoms with Gasteiger partial charge in [-0.15, -0.1) is 11.3 Å². The number of fused-ring (bicyclic) bond motifs is 1. The highest BCUT2D eigenvalue weighted by Crippen LogP contribution is 2.29. The Morgan fingerprint density at radius 2 is 2.33 bits per heavy atom. The molecule has 2 rings (SSSR count). The van der Waals surface area contributed by atoms with Gasteiger partial charge in [-0.25, -0.2) is 4.79 Å². The van der Waals surface area contributed by atoms with Gasteiger partial charge in [0.05, 0.1) is 5.56 Å². The molecule has 15 heavy (non-hydrogen) atoms. The molecule has 0 aliphatic carbocycles. The second-order valence-electron chi connectivity index (χ2n) is 3.28. The smallest absolute Gasteiger partial charge is 0.336 e. The van der Waals surface area contributed by atoms with Crippen LogP contribution in [0.4, 0.5) is 0 Å². The first-order chi connectivity index (χ1) is 7.24. The zero-order valence-electron chi connectivity index (χ0n) is 8.28. The van der Waals surface area contributed by atoms with Crippen molar-refractivity contribution >= 4 is 27.4 Å². The summed E-state index contributed by atoms with van der Waals surface area (Å²) < 4.78 is 1.03. The van der Waals surface area contributed by atoms with E-state index in [1.165, 1.54) is 0 Å². The molecule has 4 heteroatoms. The summed E-state index contributed by atoms with van der Waals surface area (Å²) in [5.74, 6) is -0.864. The van der Waals surface area contributed by atoms with E-state index in [0.717, 1.165) is 15.6 Å². The lowest BCUT2D eigenvalue weighted by Gasteiger charge is -2.01. The minimum absolute atomic E-state index is 0.388. The highest BCUT2D eigenvalue weighted by atomic mass is 32.1. The Morgan fingerprint density at radius 3 is 3.00 bits per heavy atom. The largest absolute Gasteiger partial charge is 0.478 e. The summed E-state index contributed by atoms with van der Waals surface area (Å²) in [4.78, 5) is 11.1. The molecule has 78 valence electrons. The third-order valence-corrected chi connectivity index (χ3v) is 3.27. The number of nitrogens with one attached hydrogen (secondary N) is 1. The van der Waals surface area contributed by atoms with Crippen molar-refractivity contribution < 1.29 is 9.90 Å². The van der Waals surface area contributed by atoms with Crippen molar-refractivity contribution in [1.82, 2.24) is 5.32 Å². The van der Waals surface area contributed by atoms with Crippen LogP contribution in [-0.2, 0) is 6.54 Å². The van der Waals surface area contributed by atoms with E-state index in [1.807, 2.05) is 18.5 Å². The van der Waals surface area contributed by atoms with Crippen molar-refractivity contribution in [3.8, 4) is 0 Å². The first-order valence-electron chi connectivity index (χ1n) is 4.61. The van der Waals surface area contributed by atoms with Crippen LogP contribution in [0.15, 0.2) is 23.6 Å². The quantitative estimate of drug-likeness (QED) is 0.836. The predicted molar refractivity (Wildman–Crippen MR) is 61.5 cm³/mol. The summed E-state index contributed by atoms with van der Waals surface area (Å²) in [5, 5.41) is 15.0. The molecule has 0 amide bonds. The maximum atomic E-state index is 11.1. The molecular formula is C11H11NO2S. The fourth-order valence-electron chi connectivity index (χ4n) is 1.65. The van der Waals surface area contributed by atoms with E-state index >= 15 is 0 Å². The minimum atomic E-state index is -0.864. The maximum Gasteiger partial charge on any atom is 0.336 e. The van der Waals surface area contributed by atoms with Crippen molar-refractivity contribution in [3.63, 3.8) is 0 Å². The minimum Gasteiger partial charge on any atom is -0.478 e. The highest BCUT2D eigenvalue weighted by Gasteiger charge is 2.12. The molecule has 0 atom stereocenters. The van der Waals surface area contributed by atoms with Crippen LogP contribution in [0, 0.1) is 0 Å². The molecule has 0 saturated heterocycles. The average Bonchev–Trinajstić information content (AvgIpc) is 2.62. The summed E-state index contributed by atoms with van der Waals surface area (Å²) in [6.07, 6.45) is 0. The number of carbonyl (C=O) groups is 1. The van der Waals surface area contributed by atoms with Gasteiger partial charge in [-0.2, -0.15) is 0 Å². The summed E-state index contributed by atoms with van der Waals surface area (Å²) in [6.45, 7) is 0.699. The van der Waals surface area contributed by atoms with Crippen LogP contribution in [0.5, 0.6) is 0 Å². The lowest BCUT2D eigenvalue weighted by atomic mass is 10.1. The first kappa shape index (κ1) is 10.1. The SMILES string of the molecule is CNCc1csc2cccc(C(=O)O)c12. The standard InChI is InChI=1S/C11H11NO2S/c1-12-5-7-6-15-9-4-2-3-8(10(7)9)11(13)14/h2-4,6,12H,5H2,1H3,(H,13,14). The number of aromatic carboxylic acids is 1. The average molecular weight is 221 g/mol. The third kappa shape index (κ3) is 1.73. The zero-order valence-corrected chi connectivity index (χ0v) is 9.10. The van der Waals surface area contributed by atoms with E-state index in [2.05, 4.69) is 5.32 Å². The zero-order chi connectivity index (χ0) is 10.8. The van der Waals surface area contributed by atoms with Crippen LogP contribution in [0.3, 0.4) is 0 Å². The number of thiophene rings is 1. The molecule has 0 unspecified atom stereocenters. The molecule has 0 spiro atoms. The second kappa shape index (κ2) is 4.00. The number of benzene rings is 1. The van der Waals surface area contributed by atoms with Gasteiger partial charge in [-0.1, -0.05) is 6.07 Å². The topological polar surface area (TPSA) is 49.3 Å². The van der Waals surface area contributed by atoms with Gasteiger partial charge in [0.15, 0.2) is 0 Å². The Morgan fingerprint density at radius 1 is 1.53 bits per heavy atom. The Bertz CT molecular complexity index is 504. The highest BCUT2D eigenvalue weighted by molar-refractivity contribution is 7.17. The Balaban J connectivity index is 2.69. The maximum absolute atomic E-state index is 11.1. The Kier molecular flexibility index (Phi) is 2.70. The third-order valence-electron chi connectivity index (χ3n) is 2.27. The van der Waals surface area contributed by atoms with Crippen molar-refractivity contribution in [3.05, 3.63) is 34.7 Å². The molecule has 1 aromatic heterocycles. The molecule has 0 aliphatic rings. The van der Waals surface area contributed by atoms with Gasteiger partial charge >= 0.3 is 5.97 Å². The predicted octanol–water partition coefficient (Wildman–Crippen LogP) is 2.32. The summed E-state index contributed by atoms with van der Waals surface area (Å²) in [6, 6.07) is 5.38. The van der Waals surface area contributed by atoms with Crippen LogP contribution in [0.2, 0.25) is 0 Å². The fraction of sp³-hybridized carbons (Fsp3) is 0.182. The van der Waals surface area contributed by atoms with Crippen molar-refractivity contribution in [2.45, 2.75) is 6.54 Å². The monoisotopic (exact) mass is 221 g/mol. The van der Waals surface area contributed by atoms with E-state index in [-0.39, 0.29) is 0 Å². The molecule has 1 aromatic carbocycles. The van der Waals surface area contributed by atoms with Gasteiger partial charge in [-0.3, -0.25) is 0 Å². The Hall–Kier alpha value is -1.39. The molecular weight excluding hydrogens is 210 g/mol. The van der Waals surface area contributed by atoms with E-state index < -0.39 is 5.97 Å². The van der Waals surface area contributed by atoms with Crippen molar-refractivity contribution in [2.75, 3.05) is 7.05 Å². The van der Waals surface area contributed by atoms with E-state index in [9.17, 15) is 4.79 Å². The molecule has 0 fully saturated rings. The van der Waals surface area contributed by atoms with Gasteiger partial charge in [0.25, 0.3) is 0 Å². The number of rotatable bonds is 3. The summed E-state index contributed by atoms with van der Waals surface area (Å²) in [5.41, 5.74) is 1.44. The molecule has 0 aliphatic heterocycles. The van der Waals surface area contributed by atoms with Gasteiger partial charge < -0.3 is 10.4 Å². The molecule has 3 nitrogen and oxygen atoms in total. The molecule has 2 N–H and O–H groups in total. The van der Waals surface area contributed by atoms with Crippen LogP contribution in [0.1, 0.15) is 15.9 Å². The van der Waals surface area contributed by atoms with E-state index in [0.29, 0.717) is 12.1 Å². The number of hydrogen-bond donors (Lipinski definition) is 2. The molecule has 0 bridgehead atoms. The lowest BCUT2D eigenvalue weighted by Crippen LogP contribution is -2.05. The number of carboxylic acids is 1. The van der Waals surface area contributed by atoms with Crippen LogP contribution >= 0.6 is 11.3 Å². The normalized spacial score (nSPS) is 10.7. The van der Waals surface area contributed by atoms with E-state index in [4.69, 9.17) is 5.11 Å². The molecule has 0 radical (unpaired) electrons. The van der Waals surface area contributed by atoms with E-state index in [1.54, 1.807) is 23.5 Å². The van der Waals surface area contributed by atoms with Crippen molar-refractivity contribution in [1.29, 1.82) is 0 Å². The summed E-state index contributed by atoms with van der Waals surface area (Å²) >= 11 is 1.58. The first-order valence-corrected chi connectivity index (χ1v) is 5.49. The van der Waals surface area contributed by atoms with Crippen molar-refractivity contribution in [2.24, 2.45) is 0 Å². The van der Waals surface area contributed by atoms with Crippen LogP contribution < -0.4 is 5.32 Å². The van der Waals surface area contributed by atoms with Crippen LogP contribution in [0.25, 0.3) is 10.1 Å². The Labute approximate surface area is 91.4 Å². The second-order valence-corrected chi connectivity index (χ2v) is 4.19. The molecule has 1 heterocycles. The van der Waals surface area contributed by atoms with Gasteiger partial charge in [0.2, 0.25) is 0 Å². The fourth-order valence-corrected chi connectivity index (χ4v) is 2.64. The van der Waals surface area contributed by atoms with Gasteiger partial charge in [0.1, 0.15) is 0 Å². The lowest BCUT2D eigenvalue weighted by molar-refractivity contribution is 0.0699. The summed E-state index contributed by atoms with van der Waals surface area (Å²) in [7, 11) is 1.85. The van der Waals surface area contributed by atoms with Gasteiger partial charge in [0, 0.05) is 16.6 Å². The van der Waals surface area contributed by atoms with Gasteiger partial charge in [-0.05, 0) is 30.1 Å². The number of carboxylic acid groups (broad SMARTS) is 1.